The maximum absolute atomic E-state index is 13.0. The van der Waals surface area contributed by atoms with Gasteiger partial charge in [-0.3, -0.25) is 4.79 Å². The Morgan fingerprint density at radius 1 is 1.21 bits per heavy atom. The van der Waals surface area contributed by atoms with Crippen LogP contribution in [-0.4, -0.2) is 37.7 Å². The van der Waals surface area contributed by atoms with E-state index in [0.29, 0.717) is 16.9 Å². The normalized spacial score (nSPS) is 20.3. The molecule has 0 spiro atoms. The van der Waals surface area contributed by atoms with E-state index in [2.05, 4.69) is 9.68 Å². The van der Waals surface area contributed by atoms with Crippen LogP contribution in [0.2, 0.25) is 0 Å². The van der Waals surface area contributed by atoms with E-state index in [1.54, 1.807) is 26.0 Å². The lowest BCUT2D eigenvalue weighted by Crippen LogP contribution is -2.52. The summed E-state index contributed by atoms with van der Waals surface area (Å²) in [6.07, 6.45) is -2.87. The zero-order valence-electron chi connectivity index (χ0n) is 17.8. The number of nitrogens with zero attached hydrogens (tertiary/aromatic N) is 4. The first-order valence-corrected chi connectivity index (χ1v) is 9.70. The number of aliphatic hydroxyl groups excluding tert-OH is 1. The minimum absolute atomic E-state index is 0.0332. The fourth-order valence-electron chi connectivity index (χ4n) is 3.75. The summed E-state index contributed by atoms with van der Waals surface area (Å²) in [6.45, 7) is 4.47. The molecule has 0 radical (unpaired) electrons. The molecule has 1 aromatic heterocycles. The minimum Gasteiger partial charge on any atom is -0.485 e. The quantitative estimate of drug-likeness (QED) is 0.472. The fourth-order valence-corrected chi connectivity index (χ4v) is 3.75. The SMILES string of the molecule is CC(O[N+](=O)[O-])C(O[N+](=O)[O-])c1ccn([C@@H]2c3cc(C#N)ccc3OC(C)(C)[C@H]2O)c(=O)c1. The van der Waals surface area contributed by atoms with Crippen molar-refractivity contribution in [3.63, 3.8) is 0 Å². The first-order valence-electron chi connectivity index (χ1n) is 9.70. The smallest absolute Gasteiger partial charge is 0.295 e. The van der Waals surface area contributed by atoms with Gasteiger partial charge in [0.1, 0.15) is 23.6 Å². The number of pyridine rings is 1. The standard InChI is InChI=1S/C20H20N4O9/c1-11(32-23(27)28)18(33-24(29)30)13-6-7-22(16(25)9-13)17-14-8-12(10-21)4-5-15(14)31-20(2,3)19(17)26/h4-9,11,17-19,26H,1-3H3/t11?,17-,18?,19+/m1/s1. The number of ether oxygens (including phenoxy) is 1. The molecule has 0 saturated heterocycles. The average Bonchev–Trinajstić information content (AvgIpc) is 2.72. The van der Waals surface area contributed by atoms with Crippen LogP contribution in [0.3, 0.4) is 0 Å². The van der Waals surface area contributed by atoms with Crippen molar-refractivity contribution in [2.75, 3.05) is 0 Å². The van der Waals surface area contributed by atoms with Gasteiger partial charge in [-0.2, -0.15) is 5.26 Å². The zero-order chi connectivity index (χ0) is 24.5. The Labute approximate surface area is 186 Å². The summed E-state index contributed by atoms with van der Waals surface area (Å²) in [6, 6.07) is 7.99. The van der Waals surface area contributed by atoms with E-state index in [-0.39, 0.29) is 5.56 Å². The van der Waals surface area contributed by atoms with Crippen molar-refractivity contribution in [2.24, 2.45) is 0 Å². The molecule has 174 valence electrons. The maximum Gasteiger partial charge on any atom is 0.295 e. The highest BCUT2D eigenvalue weighted by Crippen LogP contribution is 2.41. The molecule has 0 aliphatic carbocycles. The molecule has 0 saturated carbocycles. The molecule has 33 heavy (non-hydrogen) atoms. The molecule has 2 aromatic rings. The van der Waals surface area contributed by atoms with Crippen molar-refractivity contribution >= 4 is 0 Å². The van der Waals surface area contributed by atoms with Crippen LogP contribution in [0, 0.1) is 31.6 Å². The van der Waals surface area contributed by atoms with E-state index in [1.807, 2.05) is 6.07 Å². The molecule has 2 unspecified atom stereocenters. The summed E-state index contributed by atoms with van der Waals surface area (Å²) >= 11 is 0. The van der Waals surface area contributed by atoms with Gasteiger partial charge >= 0.3 is 0 Å². The lowest BCUT2D eigenvalue weighted by molar-refractivity contribution is -0.800. The molecular weight excluding hydrogens is 440 g/mol. The first-order chi connectivity index (χ1) is 15.4. The largest absolute Gasteiger partial charge is 0.485 e. The van der Waals surface area contributed by atoms with Gasteiger partial charge in [-0.1, -0.05) is 0 Å². The van der Waals surface area contributed by atoms with Gasteiger partial charge in [0.2, 0.25) is 0 Å². The number of aromatic nitrogens is 1. The van der Waals surface area contributed by atoms with Crippen LogP contribution in [0.5, 0.6) is 5.75 Å². The van der Waals surface area contributed by atoms with Crippen LogP contribution in [-0.2, 0) is 9.68 Å². The third-order valence-electron chi connectivity index (χ3n) is 5.32. The van der Waals surface area contributed by atoms with Crippen LogP contribution in [0.25, 0.3) is 0 Å². The van der Waals surface area contributed by atoms with Gasteiger partial charge in [0.25, 0.3) is 15.7 Å². The van der Waals surface area contributed by atoms with Gasteiger partial charge in [-0.15, -0.1) is 20.2 Å². The Morgan fingerprint density at radius 2 is 1.88 bits per heavy atom. The first kappa shape index (κ1) is 23.5. The number of fused-ring (bicyclic) bond motifs is 1. The van der Waals surface area contributed by atoms with Crippen molar-refractivity contribution in [3.05, 3.63) is 83.8 Å². The summed E-state index contributed by atoms with van der Waals surface area (Å²) in [5, 5.41) is 39.5. The van der Waals surface area contributed by atoms with Gasteiger partial charge in [0.15, 0.2) is 6.10 Å². The topological polar surface area (TPSA) is 180 Å². The maximum atomic E-state index is 13.0. The molecular formula is C20H20N4O9. The zero-order valence-corrected chi connectivity index (χ0v) is 17.8. The van der Waals surface area contributed by atoms with Crippen molar-refractivity contribution in [1.82, 2.24) is 4.57 Å². The summed E-state index contributed by atoms with van der Waals surface area (Å²) in [7, 11) is 0. The van der Waals surface area contributed by atoms with E-state index in [1.165, 1.54) is 29.8 Å². The van der Waals surface area contributed by atoms with E-state index in [4.69, 9.17) is 4.74 Å². The van der Waals surface area contributed by atoms with E-state index in [9.17, 15) is 35.4 Å². The van der Waals surface area contributed by atoms with Crippen LogP contribution < -0.4 is 10.3 Å². The molecule has 1 N–H and O–H groups in total. The molecule has 0 fully saturated rings. The Morgan fingerprint density at radius 3 is 2.45 bits per heavy atom. The summed E-state index contributed by atoms with van der Waals surface area (Å²) in [5.41, 5.74) is -1.10. The van der Waals surface area contributed by atoms with Crippen LogP contribution in [0.15, 0.2) is 41.3 Å². The second-order valence-electron chi connectivity index (χ2n) is 7.95. The van der Waals surface area contributed by atoms with Crippen LogP contribution in [0.4, 0.5) is 0 Å². The van der Waals surface area contributed by atoms with Gasteiger partial charge in [0, 0.05) is 17.8 Å². The van der Waals surface area contributed by atoms with Gasteiger partial charge in [-0.25, -0.2) is 0 Å². The van der Waals surface area contributed by atoms with Crippen molar-refractivity contribution in [3.8, 4) is 11.8 Å². The molecule has 1 aliphatic rings. The number of hydrogen-bond donors (Lipinski definition) is 1. The van der Waals surface area contributed by atoms with Gasteiger partial charge in [-0.05, 0) is 50.6 Å². The van der Waals surface area contributed by atoms with E-state index >= 15 is 0 Å². The molecule has 0 bridgehead atoms. The predicted octanol–water partition coefficient (Wildman–Crippen LogP) is 1.69. The molecule has 1 aliphatic heterocycles. The Bertz CT molecular complexity index is 1190. The third kappa shape index (κ3) is 4.70. The number of nitriles is 1. The second-order valence-corrected chi connectivity index (χ2v) is 7.95. The highest BCUT2D eigenvalue weighted by molar-refractivity contribution is 5.46. The molecule has 3 rings (SSSR count). The molecule has 0 amide bonds. The monoisotopic (exact) mass is 460 g/mol. The van der Waals surface area contributed by atoms with Crippen molar-refractivity contribution in [1.29, 1.82) is 5.26 Å². The van der Waals surface area contributed by atoms with Crippen LogP contribution >= 0.6 is 0 Å². The summed E-state index contributed by atoms with van der Waals surface area (Å²) < 4.78 is 7.04. The highest BCUT2D eigenvalue weighted by atomic mass is 17.0. The number of aliphatic hydroxyl groups is 1. The Hall–Kier alpha value is -4.18. The molecule has 1 aromatic carbocycles. The highest BCUT2D eigenvalue weighted by Gasteiger charge is 2.44. The minimum atomic E-state index is -1.55. The number of benzene rings is 1. The predicted molar refractivity (Wildman–Crippen MR) is 109 cm³/mol. The second kappa shape index (κ2) is 8.75. The number of rotatable bonds is 7. The van der Waals surface area contributed by atoms with E-state index < -0.39 is 45.7 Å². The van der Waals surface area contributed by atoms with E-state index in [0.717, 1.165) is 6.07 Å². The Kier molecular flexibility index (Phi) is 6.23. The molecule has 13 heteroatoms. The van der Waals surface area contributed by atoms with Gasteiger partial charge < -0.3 is 24.1 Å². The fraction of sp³-hybridized carbons (Fsp3) is 0.400. The lowest BCUT2D eigenvalue weighted by atomic mass is 9.85. The lowest BCUT2D eigenvalue weighted by Gasteiger charge is -2.42. The van der Waals surface area contributed by atoms with Crippen LogP contribution in [0.1, 0.15) is 49.6 Å². The summed E-state index contributed by atoms with van der Waals surface area (Å²) in [4.78, 5) is 43.5. The average molecular weight is 460 g/mol. The molecule has 4 atom stereocenters. The van der Waals surface area contributed by atoms with Crippen molar-refractivity contribution in [2.45, 2.75) is 50.7 Å². The van der Waals surface area contributed by atoms with Crippen molar-refractivity contribution < 1.29 is 29.7 Å². The third-order valence-corrected chi connectivity index (χ3v) is 5.32. The van der Waals surface area contributed by atoms with Gasteiger partial charge in [0.05, 0.1) is 17.7 Å². The number of hydrogen-bond acceptors (Lipinski definition) is 10. The summed E-state index contributed by atoms with van der Waals surface area (Å²) in [5.74, 6) is 0.382. The molecule has 13 nitrogen and oxygen atoms in total. The Balaban J connectivity index is 2.09. The molecule has 2 heterocycles.